The lowest BCUT2D eigenvalue weighted by atomic mass is 9.70. The topological polar surface area (TPSA) is 38.3 Å². The van der Waals surface area contributed by atoms with E-state index in [1.165, 1.54) is 0 Å². The lowest BCUT2D eigenvalue weighted by Crippen LogP contribution is -2.43. The molecule has 1 aliphatic rings. The Morgan fingerprint density at radius 1 is 1.42 bits per heavy atom. The van der Waals surface area contributed by atoms with Gasteiger partial charge in [-0.05, 0) is 45.4 Å². The van der Waals surface area contributed by atoms with Crippen LogP contribution in [0, 0.1) is 11.3 Å². The molecule has 0 aromatic heterocycles. The lowest BCUT2D eigenvalue weighted by molar-refractivity contribution is 0.0500. The van der Waals surface area contributed by atoms with Crippen LogP contribution in [0.2, 0.25) is 0 Å². The van der Waals surface area contributed by atoms with Crippen LogP contribution in [0.25, 0.3) is 0 Å². The quantitative estimate of drug-likeness (QED) is 0.765. The fourth-order valence-electron chi connectivity index (χ4n) is 2.41. The zero-order valence-electron chi connectivity index (χ0n) is 13.0. The van der Waals surface area contributed by atoms with Crippen LogP contribution in [0.4, 0.5) is 4.79 Å². The van der Waals surface area contributed by atoms with Gasteiger partial charge in [0.05, 0.1) is 6.04 Å². The van der Waals surface area contributed by atoms with Crippen molar-refractivity contribution in [3.05, 3.63) is 24.3 Å². The fourth-order valence-corrected chi connectivity index (χ4v) is 2.41. The summed E-state index contributed by atoms with van der Waals surface area (Å²) in [5, 5.41) is 2.93. The molecule has 0 bridgehead atoms. The summed E-state index contributed by atoms with van der Waals surface area (Å²) in [5.74, 6) is 0.473. The third-order valence-electron chi connectivity index (χ3n) is 3.58. The van der Waals surface area contributed by atoms with Gasteiger partial charge in [0, 0.05) is 0 Å². The molecule has 0 unspecified atom stereocenters. The Bertz CT molecular complexity index is 379. The second kappa shape index (κ2) is 5.81. The van der Waals surface area contributed by atoms with Gasteiger partial charge in [0.1, 0.15) is 5.60 Å². The van der Waals surface area contributed by atoms with E-state index in [4.69, 9.17) is 4.74 Å². The second-order valence-corrected chi connectivity index (χ2v) is 6.64. The molecule has 3 nitrogen and oxygen atoms in total. The highest BCUT2D eigenvalue weighted by Crippen LogP contribution is 2.38. The monoisotopic (exact) mass is 265 g/mol. The van der Waals surface area contributed by atoms with Crippen LogP contribution >= 0.6 is 0 Å². The summed E-state index contributed by atoms with van der Waals surface area (Å²) in [6.07, 6.45) is 9.10. The van der Waals surface area contributed by atoms with Crippen LogP contribution in [0.1, 0.15) is 48.0 Å². The first kappa shape index (κ1) is 15.8. The smallest absolute Gasteiger partial charge is 0.408 e. The fraction of sp³-hybridized carbons (Fsp3) is 0.688. The molecule has 1 amide bonds. The van der Waals surface area contributed by atoms with Gasteiger partial charge < -0.3 is 10.1 Å². The summed E-state index contributed by atoms with van der Waals surface area (Å²) < 4.78 is 5.29. The van der Waals surface area contributed by atoms with Crippen molar-refractivity contribution >= 4 is 6.09 Å². The Morgan fingerprint density at radius 3 is 2.58 bits per heavy atom. The number of carbonyl (C=O) groups is 1. The molecule has 1 N–H and O–H groups in total. The van der Waals surface area contributed by atoms with Gasteiger partial charge in [-0.2, -0.15) is 0 Å². The normalized spacial score (nSPS) is 31.5. The SMILES string of the molecule is C/C=C/[C@]1(C)C[C@H](NC(=O)OC(C)(C)C)C=C[C@@H]1C. The summed E-state index contributed by atoms with van der Waals surface area (Å²) in [6.45, 7) is 12.1. The van der Waals surface area contributed by atoms with Crippen molar-refractivity contribution in [2.75, 3.05) is 0 Å². The van der Waals surface area contributed by atoms with E-state index in [0.717, 1.165) is 6.42 Å². The van der Waals surface area contributed by atoms with Gasteiger partial charge in [-0.3, -0.25) is 0 Å². The Labute approximate surface area is 117 Å². The van der Waals surface area contributed by atoms with Crippen LogP contribution < -0.4 is 5.32 Å². The maximum atomic E-state index is 11.8. The zero-order chi connectivity index (χ0) is 14.7. The number of hydrogen-bond donors (Lipinski definition) is 1. The van der Waals surface area contributed by atoms with Gasteiger partial charge >= 0.3 is 6.09 Å². The molecule has 0 fully saturated rings. The molecule has 0 radical (unpaired) electrons. The molecule has 1 aliphatic carbocycles. The minimum Gasteiger partial charge on any atom is -0.444 e. The summed E-state index contributed by atoms with van der Waals surface area (Å²) in [6, 6.07) is 0.0345. The predicted octanol–water partition coefficient (Wildman–Crippen LogP) is 4.06. The molecule has 3 atom stereocenters. The van der Waals surface area contributed by atoms with Crippen molar-refractivity contribution in [3.63, 3.8) is 0 Å². The van der Waals surface area contributed by atoms with E-state index in [1.54, 1.807) is 0 Å². The van der Waals surface area contributed by atoms with Crippen LogP contribution in [0.5, 0.6) is 0 Å². The van der Waals surface area contributed by atoms with E-state index in [2.05, 4.69) is 43.5 Å². The molecule has 3 heteroatoms. The minimum absolute atomic E-state index is 0.0345. The summed E-state index contributed by atoms with van der Waals surface area (Å²) in [4.78, 5) is 11.8. The first-order valence-corrected chi connectivity index (χ1v) is 6.98. The van der Waals surface area contributed by atoms with E-state index < -0.39 is 5.60 Å². The molecular weight excluding hydrogens is 238 g/mol. The largest absolute Gasteiger partial charge is 0.444 e. The Kier molecular flexibility index (Phi) is 4.83. The maximum absolute atomic E-state index is 11.8. The van der Waals surface area contributed by atoms with E-state index >= 15 is 0 Å². The van der Waals surface area contributed by atoms with Gasteiger partial charge in [0.2, 0.25) is 0 Å². The van der Waals surface area contributed by atoms with Crippen LogP contribution in [-0.2, 0) is 4.74 Å². The van der Waals surface area contributed by atoms with Gasteiger partial charge in [0.15, 0.2) is 0 Å². The zero-order valence-corrected chi connectivity index (χ0v) is 13.0. The van der Waals surface area contributed by atoms with Crippen molar-refractivity contribution in [2.45, 2.75) is 59.6 Å². The van der Waals surface area contributed by atoms with E-state index in [-0.39, 0.29) is 17.6 Å². The first-order chi connectivity index (χ1) is 8.66. The first-order valence-electron chi connectivity index (χ1n) is 6.98. The lowest BCUT2D eigenvalue weighted by Gasteiger charge is -2.38. The van der Waals surface area contributed by atoms with Crippen LogP contribution in [0.15, 0.2) is 24.3 Å². The Balaban J connectivity index is 2.67. The highest BCUT2D eigenvalue weighted by Gasteiger charge is 2.33. The molecule has 0 saturated carbocycles. The average molecular weight is 265 g/mol. The van der Waals surface area contributed by atoms with Crippen molar-refractivity contribution in [3.8, 4) is 0 Å². The van der Waals surface area contributed by atoms with Crippen LogP contribution in [0.3, 0.4) is 0 Å². The molecule has 0 aromatic rings. The molecule has 19 heavy (non-hydrogen) atoms. The van der Waals surface area contributed by atoms with Gasteiger partial charge in [-0.15, -0.1) is 0 Å². The molecule has 108 valence electrons. The number of amides is 1. The molecule has 1 rings (SSSR count). The van der Waals surface area contributed by atoms with E-state index in [0.29, 0.717) is 5.92 Å². The van der Waals surface area contributed by atoms with Gasteiger partial charge in [0.25, 0.3) is 0 Å². The Hall–Kier alpha value is -1.25. The molecular formula is C16H27NO2. The van der Waals surface area contributed by atoms with Crippen LogP contribution in [-0.4, -0.2) is 17.7 Å². The van der Waals surface area contributed by atoms with Crippen molar-refractivity contribution < 1.29 is 9.53 Å². The van der Waals surface area contributed by atoms with Crippen molar-refractivity contribution in [1.82, 2.24) is 5.32 Å². The van der Waals surface area contributed by atoms with Crippen molar-refractivity contribution in [2.24, 2.45) is 11.3 Å². The number of allylic oxidation sites excluding steroid dienone is 3. The average Bonchev–Trinajstić information content (AvgIpc) is 2.21. The molecule has 0 aromatic carbocycles. The predicted molar refractivity (Wildman–Crippen MR) is 79.0 cm³/mol. The number of rotatable bonds is 2. The number of ether oxygens (including phenoxy) is 1. The number of hydrogen-bond acceptors (Lipinski definition) is 2. The van der Waals surface area contributed by atoms with E-state index in [9.17, 15) is 4.79 Å². The molecule has 0 heterocycles. The molecule has 0 spiro atoms. The highest BCUT2D eigenvalue weighted by molar-refractivity contribution is 5.68. The number of carbonyl (C=O) groups excluding carboxylic acids is 1. The third kappa shape index (κ3) is 4.73. The summed E-state index contributed by atoms with van der Waals surface area (Å²) in [7, 11) is 0. The standard InChI is InChI=1S/C16H27NO2/c1-7-10-16(6)11-13(9-8-12(16)2)17-14(18)19-15(3,4)5/h7-10,12-13H,11H2,1-6H3,(H,17,18)/b10-7+/t12-,13+,16+/m0/s1. The number of nitrogens with one attached hydrogen (secondary N) is 1. The number of alkyl carbamates (subject to hydrolysis) is 1. The minimum atomic E-state index is -0.456. The Morgan fingerprint density at radius 2 is 2.05 bits per heavy atom. The van der Waals surface area contributed by atoms with Crippen molar-refractivity contribution in [1.29, 1.82) is 0 Å². The van der Waals surface area contributed by atoms with Gasteiger partial charge in [-0.1, -0.05) is 38.2 Å². The summed E-state index contributed by atoms with van der Waals surface area (Å²) >= 11 is 0. The summed E-state index contributed by atoms with van der Waals surface area (Å²) in [5.41, 5.74) is -0.369. The molecule has 0 saturated heterocycles. The maximum Gasteiger partial charge on any atom is 0.408 e. The molecule has 0 aliphatic heterocycles. The second-order valence-electron chi connectivity index (χ2n) is 6.64. The highest BCUT2D eigenvalue weighted by atomic mass is 16.6. The third-order valence-corrected chi connectivity index (χ3v) is 3.58. The van der Waals surface area contributed by atoms with E-state index in [1.807, 2.05) is 27.7 Å². The van der Waals surface area contributed by atoms with Gasteiger partial charge in [-0.25, -0.2) is 4.79 Å².